The second-order valence-electron chi connectivity index (χ2n) is 9.10. The van der Waals surface area contributed by atoms with Crippen molar-refractivity contribution in [3.8, 4) is 28.7 Å². The summed E-state index contributed by atoms with van der Waals surface area (Å²) in [7, 11) is 0. The molecular weight excluding hydrogens is 478 g/mol. The highest BCUT2D eigenvalue weighted by Crippen LogP contribution is 2.56. The van der Waals surface area contributed by atoms with Crippen LogP contribution in [-0.2, 0) is 14.2 Å². The molecule has 6 unspecified atom stereocenters. The topological polar surface area (TPSA) is 205 Å². The molecular formula is C24H27NO11. The maximum absolute atomic E-state index is 11.6. The van der Waals surface area contributed by atoms with Crippen LogP contribution in [0.25, 0.3) is 0 Å². The number of ether oxygens (including phenoxy) is 4. The van der Waals surface area contributed by atoms with Crippen LogP contribution in [0.4, 0.5) is 0 Å². The molecule has 0 amide bonds. The number of phenols is 4. The molecule has 3 heterocycles. The monoisotopic (exact) mass is 505 g/mol. The Bertz CT molecular complexity index is 1170. The van der Waals surface area contributed by atoms with E-state index in [-0.39, 0.29) is 28.6 Å². The number of phenolic OH excluding ortho intramolecular Hbond substituents is 4. The van der Waals surface area contributed by atoms with Crippen molar-refractivity contribution >= 4 is 0 Å². The number of hydrogen-bond donors (Lipinski definition) is 8. The third-order valence-electron chi connectivity index (χ3n) is 7.05. The summed E-state index contributed by atoms with van der Waals surface area (Å²) in [6.07, 6.45) is -7.61. The van der Waals surface area contributed by atoms with Gasteiger partial charge in [-0.05, 0) is 17.7 Å². The Morgan fingerprint density at radius 2 is 1.75 bits per heavy atom. The van der Waals surface area contributed by atoms with Crippen LogP contribution in [0.3, 0.4) is 0 Å². The third-order valence-corrected chi connectivity index (χ3v) is 7.05. The normalized spacial score (nSPS) is 34.1. The van der Waals surface area contributed by atoms with Crippen molar-refractivity contribution in [1.29, 1.82) is 0 Å². The lowest BCUT2D eigenvalue weighted by molar-refractivity contribution is -0.293. The molecule has 9 atom stereocenters. The van der Waals surface area contributed by atoms with Gasteiger partial charge in [0.25, 0.3) is 0 Å². The summed E-state index contributed by atoms with van der Waals surface area (Å²) < 4.78 is 23.6. The van der Waals surface area contributed by atoms with Gasteiger partial charge in [0.15, 0.2) is 17.6 Å². The summed E-state index contributed by atoms with van der Waals surface area (Å²) in [4.78, 5) is 0. The van der Waals surface area contributed by atoms with Crippen LogP contribution >= 0.6 is 0 Å². The van der Waals surface area contributed by atoms with Crippen molar-refractivity contribution in [3.05, 3.63) is 54.3 Å². The molecule has 2 bridgehead atoms. The summed E-state index contributed by atoms with van der Waals surface area (Å²) >= 11 is 0. The number of benzene rings is 2. The molecule has 1 aliphatic carbocycles. The zero-order valence-electron chi connectivity index (χ0n) is 18.8. The van der Waals surface area contributed by atoms with Crippen molar-refractivity contribution in [1.82, 2.24) is 0 Å². The van der Waals surface area contributed by atoms with E-state index in [1.165, 1.54) is 24.3 Å². The Labute approximate surface area is 205 Å². The van der Waals surface area contributed by atoms with Crippen LogP contribution < -0.4 is 10.5 Å². The van der Waals surface area contributed by atoms with Gasteiger partial charge in [-0.25, -0.2) is 0 Å². The first-order chi connectivity index (χ1) is 17.1. The van der Waals surface area contributed by atoms with Gasteiger partial charge in [0.05, 0.1) is 24.5 Å². The molecule has 12 nitrogen and oxygen atoms in total. The molecule has 2 aromatic rings. The van der Waals surface area contributed by atoms with E-state index < -0.39 is 66.7 Å². The lowest BCUT2D eigenvalue weighted by Crippen LogP contribution is -2.82. The smallest absolute Gasteiger partial charge is 0.157 e. The first-order valence-electron chi connectivity index (χ1n) is 11.2. The summed E-state index contributed by atoms with van der Waals surface area (Å²) in [6.45, 7) is 2.75. The molecule has 2 saturated heterocycles. The van der Waals surface area contributed by atoms with Crippen LogP contribution in [0.15, 0.2) is 43.2 Å². The lowest BCUT2D eigenvalue weighted by atomic mass is 9.65. The van der Waals surface area contributed by atoms with Gasteiger partial charge in [0, 0.05) is 12.1 Å². The Morgan fingerprint density at radius 3 is 2.42 bits per heavy atom. The molecule has 0 radical (unpaired) electrons. The summed E-state index contributed by atoms with van der Waals surface area (Å²) in [6, 6.07) is 5.41. The van der Waals surface area contributed by atoms with E-state index in [0.717, 1.165) is 12.3 Å². The van der Waals surface area contributed by atoms with Crippen LogP contribution in [-0.4, -0.2) is 84.5 Å². The van der Waals surface area contributed by atoms with Gasteiger partial charge < -0.3 is 60.4 Å². The second kappa shape index (κ2) is 8.69. The van der Waals surface area contributed by atoms with Gasteiger partial charge in [-0.3, -0.25) is 0 Å². The van der Waals surface area contributed by atoms with E-state index in [2.05, 4.69) is 6.58 Å². The van der Waals surface area contributed by atoms with Gasteiger partial charge >= 0.3 is 0 Å². The Hall–Kier alpha value is -3.26. The fourth-order valence-corrected chi connectivity index (χ4v) is 5.29. The standard InChI is InChI=1S/C24H27NO11/c1-2-33-15(8-26)21(31)24(32)22-17(25)23(24)36-20-18(9-3-4-11(28)12(29)5-9)34-14-7-10(27)6-13(30)16(14)19(20)35-22/h2-7,15,17-23,26-32H,1,8,25H2/t15?,17?,18-,19+,20-,21?,22?,23?,24?/m1/s1. The van der Waals surface area contributed by atoms with Crippen LogP contribution in [0, 0.1) is 0 Å². The van der Waals surface area contributed by atoms with Crippen LogP contribution in [0.5, 0.6) is 28.7 Å². The molecule has 6 rings (SSSR count). The van der Waals surface area contributed by atoms with Crippen molar-refractivity contribution in [2.75, 3.05) is 6.61 Å². The van der Waals surface area contributed by atoms with E-state index in [1.54, 1.807) is 0 Å². The Balaban J connectivity index is 1.61. The number of aliphatic hydroxyl groups is 3. The lowest BCUT2D eigenvalue weighted by Gasteiger charge is -2.56. The molecule has 9 N–H and O–H groups in total. The molecule has 12 heteroatoms. The Morgan fingerprint density at radius 1 is 1.03 bits per heavy atom. The minimum absolute atomic E-state index is 0.0508. The third kappa shape index (κ3) is 3.45. The van der Waals surface area contributed by atoms with Crippen molar-refractivity contribution < 1.29 is 54.7 Å². The molecule has 3 aliphatic heterocycles. The highest BCUT2D eigenvalue weighted by atomic mass is 16.6. The predicted octanol–water partition coefficient (Wildman–Crippen LogP) is -0.210. The highest BCUT2D eigenvalue weighted by molar-refractivity contribution is 5.54. The van der Waals surface area contributed by atoms with Crippen molar-refractivity contribution in [3.63, 3.8) is 0 Å². The number of nitrogens with two attached hydrogens (primary N) is 1. The quantitative estimate of drug-likeness (QED) is 0.190. The van der Waals surface area contributed by atoms with Gasteiger partial charge in [-0.1, -0.05) is 12.6 Å². The van der Waals surface area contributed by atoms with Crippen molar-refractivity contribution in [2.45, 2.75) is 54.4 Å². The SMILES string of the molecule is C=COC(CO)C(O)C1(O)C2O[C@@H]3[C@@H](c4ccc(O)c(O)c4)Oc4cc(O)cc(O)c4[C@@H]3OC1C2N. The van der Waals surface area contributed by atoms with Gasteiger partial charge in [-0.15, -0.1) is 0 Å². The minimum atomic E-state index is -2.12. The molecule has 36 heavy (non-hydrogen) atoms. The van der Waals surface area contributed by atoms with E-state index in [1.807, 2.05) is 0 Å². The van der Waals surface area contributed by atoms with Crippen LogP contribution in [0.1, 0.15) is 23.3 Å². The van der Waals surface area contributed by atoms with E-state index in [4.69, 9.17) is 24.7 Å². The number of hydrogen-bond acceptors (Lipinski definition) is 12. The maximum Gasteiger partial charge on any atom is 0.157 e. The highest BCUT2D eigenvalue weighted by Gasteiger charge is 2.71. The maximum atomic E-state index is 11.6. The van der Waals surface area contributed by atoms with Gasteiger partial charge in [0.1, 0.15) is 59.5 Å². The molecule has 3 fully saturated rings. The number of fused-ring (bicyclic) bond motifs is 1. The molecule has 0 aromatic heterocycles. The average molecular weight is 505 g/mol. The summed E-state index contributed by atoms with van der Waals surface area (Å²) in [5.41, 5.74) is 4.60. The number of aromatic hydroxyl groups is 4. The largest absolute Gasteiger partial charge is 0.508 e. The van der Waals surface area contributed by atoms with Crippen molar-refractivity contribution in [2.24, 2.45) is 5.73 Å². The zero-order chi connectivity index (χ0) is 25.9. The molecule has 1 saturated carbocycles. The van der Waals surface area contributed by atoms with Gasteiger partial charge in [-0.2, -0.15) is 0 Å². The number of aliphatic hydroxyl groups excluding tert-OH is 2. The minimum Gasteiger partial charge on any atom is -0.508 e. The fraction of sp³-hybridized carbons (Fsp3) is 0.417. The zero-order valence-corrected chi connectivity index (χ0v) is 18.8. The first-order valence-corrected chi connectivity index (χ1v) is 11.2. The van der Waals surface area contributed by atoms with Crippen LogP contribution in [0.2, 0.25) is 0 Å². The Kier molecular flexibility index (Phi) is 5.90. The van der Waals surface area contributed by atoms with E-state index in [0.29, 0.717) is 5.56 Å². The average Bonchev–Trinajstić information content (AvgIpc) is 3.09. The number of rotatable bonds is 6. The van der Waals surface area contributed by atoms with E-state index >= 15 is 0 Å². The van der Waals surface area contributed by atoms with E-state index in [9.17, 15) is 35.7 Å². The second-order valence-corrected chi connectivity index (χ2v) is 9.10. The molecule has 2 aromatic carbocycles. The molecule has 0 spiro atoms. The fourth-order valence-electron chi connectivity index (χ4n) is 5.29. The molecule has 4 aliphatic rings. The summed E-state index contributed by atoms with van der Waals surface area (Å²) in [5.74, 6) is -1.39. The van der Waals surface area contributed by atoms with Gasteiger partial charge in [0.2, 0.25) is 0 Å². The first kappa shape index (κ1) is 24.4. The summed E-state index contributed by atoms with van der Waals surface area (Å²) in [5, 5.41) is 72.7. The molecule has 194 valence electrons. The predicted molar refractivity (Wildman–Crippen MR) is 120 cm³/mol.